The van der Waals surface area contributed by atoms with Gasteiger partial charge in [0.25, 0.3) is 0 Å². The van der Waals surface area contributed by atoms with Crippen LogP contribution in [0.2, 0.25) is 0 Å². The second kappa shape index (κ2) is 6.64. The van der Waals surface area contributed by atoms with E-state index in [-0.39, 0.29) is 5.78 Å². The van der Waals surface area contributed by atoms with E-state index < -0.39 is 18.8 Å². The lowest BCUT2D eigenvalue weighted by atomic mass is 9.87. The topological polar surface area (TPSA) is 43.4 Å². The molecule has 1 aromatic rings. The summed E-state index contributed by atoms with van der Waals surface area (Å²) in [6, 6.07) is 3.58. The molecule has 2 rings (SSSR count). The summed E-state index contributed by atoms with van der Waals surface area (Å²) in [5.74, 6) is -1.14. The molecule has 118 valence electrons. The van der Waals surface area contributed by atoms with Crippen molar-refractivity contribution in [3.05, 3.63) is 39.4 Å². The lowest BCUT2D eigenvalue weighted by Crippen LogP contribution is -2.19. The maximum absolute atomic E-state index is 12.0. The molecular weight excluding hydrogens is 365 g/mol. The highest BCUT2D eigenvalue weighted by Gasteiger charge is 2.29. The Hall–Kier alpha value is -1.63. The molecule has 1 aliphatic carbocycles. The Morgan fingerprint density at radius 3 is 2.73 bits per heavy atom. The highest BCUT2D eigenvalue weighted by Crippen LogP contribution is 2.31. The van der Waals surface area contributed by atoms with Crippen LogP contribution in [-0.4, -0.2) is 24.5 Å². The molecule has 7 heteroatoms. The van der Waals surface area contributed by atoms with E-state index in [2.05, 4.69) is 20.7 Å². The number of benzene rings is 1. The van der Waals surface area contributed by atoms with E-state index in [1.54, 1.807) is 6.07 Å². The van der Waals surface area contributed by atoms with E-state index >= 15 is 0 Å². The highest BCUT2D eigenvalue weighted by atomic mass is 79.9. The van der Waals surface area contributed by atoms with Gasteiger partial charge in [0.1, 0.15) is 0 Å². The number of halogens is 4. The normalized spacial score (nSPS) is 15.0. The quantitative estimate of drug-likeness (QED) is 0.589. The summed E-state index contributed by atoms with van der Waals surface area (Å²) in [6.45, 7) is -1.64. The van der Waals surface area contributed by atoms with Gasteiger partial charge in [0.05, 0.1) is 0 Å². The standard InChI is InChI=1S/C15H12BrF3O3/c16-11-6-4-9-2-1-3-12(20)14(9)10(11)5-7-13(21)22-8-15(17,18)19/h4-7H,1-3,8H2/b7-5+. The van der Waals surface area contributed by atoms with Crippen LogP contribution in [0.15, 0.2) is 22.7 Å². The van der Waals surface area contributed by atoms with Crippen LogP contribution in [0.5, 0.6) is 0 Å². The number of Topliss-reactive ketones (excluding diaryl/α,β-unsaturated/α-hetero) is 1. The molecular formula is C15H12BrF3O3. The maximum atomic E-state index is 12.0. The summed E-state index contributed by atoms with van der Waals surface area (Å²) in [5, 5.41) is 0. The third kappa shape index (κ3) is 4.19. The summed E-state index contributed by atoms with van der Waals surface area (Å²) >= 11 is 3.29. The molecule has 0 amide bonds. The second-order valence-corrected chi connectivity index (χ2v) is 5.68. The van der Waals surface area contributed by atoms with Gasteiger partial charge in [-0.15, -0.1) is 0 Å². The van der Waals surface area contributed by atoms with E-state index in [1.165, 1.54) is 6.08 Å². The summed E-state index contributed by atoms with van der Waals surface area (Å²) < 4.78 is 40.6. The number of fused-ring (bicyclic) bond motifs is 1. The first-order valence-electron chi connectivity index (χ1n) is 6.54. The van der Waals surface area contributed by atoms with Crippen molar-refractivity contribution in [3.63, 3.8) is 0 Å². The predicted octanol–water partition coefficient (Wildman–Crippen LogP) is 4.09. The Morgan fingerprint density at radius 2 is 2.05 bits per heavy atom. The van der Waals surface area contributed by atoms with Gasteiger partial charge in [-0.3, -0.25) is 4.79 Å². The Morgan fingerprint density at radius 1 is 1.32 bits per heavy atom. The molecule has 0 atom stereocenters. The lowest BCUT2D eigenvalue weighted by molar-refractivity contribution is -0.182. The first-order chi connectivity index (χ1) is 10.3. The van der Waals surface area contributed by atoms with Crippen molar-refractivity contribution in [2.24, 2.45) is 0 Å². The zero-order chi connectivity index (χ0) is 16.3. The molecule has 0 N–H and O–H groups in total. The summed E-state index contributed by atoms with van der Waals surface area (Å²) in [4.78, 5) is 23.4. The van der Waals surface area contributed by atoms with Crippen LogP contribution in [0.4, 0.5) is 13.2 Å². The van der Waals surface area contributed by atoms with Crippen LogP contribution in [0, 0.1) is 0 Å². The van der Waals surface area contributed by atoms with Crippen molar-refractivity contribution in [3.8, 4) is 0 Å². The van der Waals surface area contributed by atoms with E-state index in [4.69, 9.17) is 0 Å². The van der Waals surface area contributed by atoms with Crippen LogP contribution in [0.1, 0.15) is 34.3 Å². The molecule has 0 saturated heterocycles. The number of ether oxygens (including phenoxy) is 1. The number of hydrogen-bond donors (Lipinski definition) is 0. The van der Waals surface area contributed by atoms with Crippen molar-refractivity contribution in [2.45, 2.75) is 25.4 Å². The van der Waals surface area contributed by atoms with Crippen LogP contribution in [0.3, 0.4) is 0 Å². The molecule has 0 aromatic heterocycles. The summed E-state index contributed by atoms with van der Waals surface area (Å²) in [6.07, 6.45) is -0.411. The molecule has 0 spiro atoms. The zero-order valence-corrected chi connectivity index (χ0v) is 13.0. The van der Waals surface area contributed by atoms with Gasteiger partial charge in [0.15, 0.2) is 12.4 Å². The number of hydrogen-bond acceptors (Lipinski definition) is 3. The molecule has 0 unspecified atom stereocenters. The van der Waals surface area contributed by atoms with Gasteiger partial charge in [0, 0.05) is 22.5 Å². The van der Waals surface area contributed by atoms with E-state index in [0.717, 1.165) is 24.5 Å². The monoisotopic (exact) mass is 376 g/mol. The van der Waals surface area contributed by atoms with Crippen molar-refractivity contribution < 1.29 is 27.5 Å². The first-order valence-corrected chi connectivity index (χ1v) is 7.33. The molecule has 22 heavy (non-hydrogen) atoms. The average Bonchev–Trinajstić information content (AvgIpc) is 2.44. The Bertz CT molecular complexity index is 636. The molecule has 0 saturated carbocycles. The van der Waals surface area contributed by atoms with Gasteiger partial charge < -0.3 is 4.74 Å². The van der Waals surface area contributed by atoms with Crippen LogP contribution < -0.4 is 0 Å². The molecule has 0 heterocycles. The largest absolute Gasteiger partial charge is 0.453 e. The molecule has 1 aromatic carbocycles. The van der Waals surface area contributed by atoms with Crippen molar-refractivity contribution >= 4 is 33.8 Å². The smallest absolute Gasteiger partial charge is 0.422 e. The third-order valence-corrected chi connectivity index (χ3v) is 3.86. The number of aryl methyl sites for hydroxylation is 1. The minimum absolute atomic E-state index is 0.0362. The van der Waals surface area contributed by atoms with Gasteiger partial charge in [-0.05, 0) is 36.1 Å². The third-order valence-electron chi connectivity index (χ3n) is 3.17. The fraction of sp³-hybridized carbons (Fsp3) is 0.333. The van der Waals surface area contributed by atoms with Gasteiger partial charge in [-0.1, -0.05) is 22.0 Å². The zero-order valence-electron chi connectivity index (χ0n) is 11.4. The molecule has 0 bridgehead atoms. The molecule has 0 radical (unpaired) electrons. The van der Waals surface area contributed by atoms with Gasteiger partial charge in [0.2, 0.25) is 0 Å². The minimum atomic E-state index is -4.56. The van der Waals surface area contributed by atoms with Crippen molar-refractivity contribution in [1.29, 1.82) is 0 Å². The first kappa shape index (κ1) is 16.7. The molecule has 1 aliphatic rings. The second-order valence-electron chi connectivity index (χ2n) is 4.83. The number of carbonyl (C=O) groups excluding carboxylic acids is 2. The summed E-state index contributed by atoms with van der Waals surface area (Å²) in [7, 11) is 0. The Balaban J connectivity index is 2.21. The molecule has 0 fully saturated rings. The lowest BCUT2D eigenvalue weighted by Gasteiger charge is -2.17. The van der Waals surface area contributed by atoms with Gasteiger partial charge in [-0.2, -0.15) is 13.2 Å². The summed E-state index contributed by atoms with van der Waals surface area (Å²) in [5.41, 5.74) is 1.88. The fourth-order valence-electron chi connectivity index (χ4n) is 2.26. The number of rotatable bonds is 3. The number of carbonyl (C=O) groups is 2. The average molecular weight is 377 g/mol. The van der Waals surface area contributed by atoms with Gasteiger partial charge in [-0.25, -0.2) is 4.79 Å². The minimum Gasteiger partial charge on any atom is -0.453 e. The van der Waals surface area contributed by atoms with Crippen LogP contribution in [-0.2, 0) is 16.0 Å². The van der Waals surface area contributed by atoms with Gasteiger partial charge >= 0.3 is 12.1 Å². The van der Waals surface area contributed by atoms with E-state index in [0.29, 0.717) is 22.0 Å². The highest BCUT2D eigenvalue weighted by molar-refractivity contribution is 9.10. The van der Waals surface area contributed by atoms with E-state index in [1.807, 2.05) is 6.07 Å². The maximum Gasteiger partial charge on any atom is 0.422 e. The fourth-order valence-corrected chi connectivity index (χ4v) is 2.72. The molecule has 0 aliphatic heterocycles. The SMILES string of the molecule is O=C(/C=C/c1c(Br)ccc2c1C(=O)CCC2)OCC(F)(F)F. The van der Waals surface area contributed by atoms with Crippen molar-refractivity contribution in [2.75, 3.05) is 6.61 Å². The molecule has 3 nitrogen and oxygen atoms in total. The Kier molecular flexibility index (Phi) is 5.05. The number of alkyl halides is 3. The van der Waals surface area contributed by atoms with Crippen LogP contribution >= 0.6 is 15.9 Å². The van der Waals surface area contributed by atoms with E-state index in [9.17, 15) is 22.8 Å². The Labute approximate surface area is 133 Å². The van der Waals surface area contributed by atoms with Crippen molar-refractivity contribution in [1.82, 2.24) is 0 Å². The predicted molar refractivity (Wildman–Crippen MR) is 77.5 cm³/mol. The van der Waals surface area contributed by atoms with Crippen LogP contribution in [0.25, 0.3) is 6.08 Å². The number of ketones is 1. The number of esters is 1.